The van der Waals surface area contributed by atoms with E-state index >= 15 is 0 Å². The number of benzene rings is 1. The zero-order valence-corrected chi connectivity index (χ0v) is 11.3. The monoisotopic (exact) mass is 296 g/mol. The van der Waals surface area contributed by atoms with Crippen molar-refractivity contribution in [2.45, 2.75) is 31.7 Å². The Bertz CT molecular complexity index is 615. The highest BCUT2D eigenvalue weighted by atomic mass is 19.1. The second-order valence-electron chi connectivity index (χ2n) is 5.19. The number of nitrogens with zero attached hydrogens (tertiary/aromatic N) is 1. The summed E-state index contributed by atoms with van der Waals surface area (Å²) < 4.78 is 45.5. The smallest absolute Gasteiger partial charge is 0.194 e. The molecule has 0 spiro atoms. The summed E-state index contributed by atoms with van der Waals surface area (Å²) in [6.07, 6.45) is 5.15. The molecule has 0 radical (unpaired) electrons. The van der Waals surface area contributed by atoms with Gasteiger partial charge in [-0.3, -0.25) is 0 Å². The van der Waals surface area contributed by atoms with Crippen LogP contribution in [0.4, 0.5) is 13.2 Å². The molecular weight excluding hydrogens is 281 g/mol. The number of hydrogen-bond donors (Lipinski definition) is 1. The van der Waals surface area contributed by atoms with Gasteiger partial charge in [-0.15, -0.1) is 0 Å². The molecule has 0 bridgehead atoms. The molecule has 0 aliphatic heterocycles. The van der Waals surface area contributed by atoms with Gasteiger partial charge >= 0.3 is 0 Å². The Morgan fingerprint density at radius 1 is 1.19 bits per heavy atom. The average Bonchev–Trinajstić information content (AvgIpc) is 3.13. The van der Waals surface area contributed by atoms with Crippen LogP contribution in [0.3, 0.4) is 0 Å². The maximum atomic E-state index is 13.6. The molecular formula is C15H15F3N2O. The molecule has 1 aliphatic carbocycles. The molecule has 1 N–H and O–H groups in total. The van der Waals surface area contributed by atoms with Crippen molar-refractivity contribution in [3.8, 4) is 11.3 Å². The molecule has 2 aromatic rings. The van der Waals surface area contributed by atoms with Crippen LogP contribution in [-0.4, -0.2) is 17.6 Å². The van der Waals surface area contributed by atoms with E-state index in [1.807, 2.05) is 0 Å². The molecule has 1 aromatic carbocycles. The molecule has 3 rings (SSSR count). The standard InChI is InChI=1S/C15H15F3N2O/c16-9-6-11(17)15(12(18)7-9)13-8-20-14(21-13)2-1-5-19-10-3-4-10/h6-8,10,19H,1-5H2. The summed E-state index contributed by atoms with van der Waals surface area (Å²) in [5.74, 6) is -2.54. The predicted octanol–water partition coefficient (Wildman–Crippen LogP) is 3.44. The number of aromatic nitrogens is 1. The van der Waals surface area contributed by atoms with Crippen LogP contribution in [0.1, 0.15) is 25.2 Å². The molecule has 6 heteroatoms. The fraction of sp³-hybridized carbons (Fsp3) is 0.400. The normalized spacial score (nSPS) is 14.6. The highest BCUT2D eigenvalue weighted by molar-refractivity contribution is 5.58. The molecule has 1 aromatic heterocycles. The summed E-state index contributed by atoms with van der Waals surface area (Å²) in [6.45, 7) is 0.863. The largest absolute Gasteiger partial charge is 0.441 e. The second-order valence-corrected chi connectivity index (χ2v) is 5.19. The van der Waals surface area contributed by atoms with Gasteiger partial charge in [0, 0.05) is 24.6 Å². The van der Waals surface area contributed by atoms with Crippen molar-refractivity contribution in [1.29, 1.82) is 0 Å². The fourth-order valence-electron chi connectivity index (χ4n) is 2.15. The molecule has 1 fully saturated rings. The third kappa shape index (κ3) is 3.44. The minimum Gasteiger partial charge on any atom is -0.441 e. The van der Waals surface area contributed by atoms with Crippen molar-refractivity contribution in [1.82, 2.24) is 10.3 Å². The van der Waals surface area contributed by atoms with E-state index in [1.54, 1.807) is 0 Å². The molecule has 0 amide bonds. The number of halogens is 3. The quantitative estimate of drug-likeness (QED) is 0.830. The van der Waals surface area contributed by atoms with Gasteiger partial charge in [-0.1, -0.05) is 0 Å². The van der Waals surface area contributed by atoms with Gasteiger partial charge < -0.3 is 9.73 Å². The van der Waals surface area contributed by atoms with Crippen LogP contribution in [0.2, 0.25) is 0 Å². The van der Waals surface area contributed by atoms with E-state index in [0.717, 1.165) is 13.0 Å². The summed E-state index contributed by atoms with van der Waals surface area (Å²) in [7, 11) is 0. The lowest BCUT2D eigenvalue weighted by Crippen LogP contribution is -2.17. The zero-order chi connectivity index (χ0) is 14.8. The van der Waals surface area contributed by atoms with Crippen LogP contribution in [0.5, 0.6) is 0 Å². The summed E-state index contributed by atoms with van der Waals surface area (Å²) in [5.41, 5.74) is -0.383. The van der Waals surface area contributed by atoms with Crippen molar-refractivity contribution in [2.75, 3.05) is 6.54 Å². The SMILES string of the molecule is Fc1cc(F)c(-c2cnc(CCCNC3CC3)o2)c(F)c1. The van der Waals surface area contributed by atoms with Crippen LogP contribution < -0.4 is 5.32 Å². The van der Waals surface area contributed by atoms with Crippen LogP contribution in [0, 0.1) is 17.5 Å². The van der Waals surface area contributed by atoms with E-state index in [2.05, 4.69) is 10.3 Å². The number of hydrogen-bond acceptors (Lipinski definition) is 3. The first-order chi connectivity index (χ1) is 10.1. The van der Waals surface area contributed by atoms with Crippen LogP contribution in [-0.2, 0) is 6.42 Å². The summed E-state index contributed by atoms with van der Waals surface area (Å²) >= 11 is 0. The molecule has 1 saturated carbocycles. The molecule has 3 nitrogen and oxygen atoms in total. The Balaban J connectivity index is 1.66. The van der Waals surface area contributed by atoms with E-state index < -0.39 is 17.5 Å². The Morgan fingerprint density at radius 3 is 2.57 bits per heavy atom. The van der Waals surface area contributed by atoms with Crippen LogP contribution in [0.15, 0.2) is 22.7 Å². The summed E-state index contributed by atoms with van der Waals surface area (Å²) in [6, 6.07) is 1.90. The highest BCUT2D eigenvalue weighted by Crippen LogP contribution is 2.27. The van der Waals surface area contributed by atoms with Crippen molar-refractivity contribution >= 4 is 0 Å². The molecule has 1 aliphatic rings. The average molecular weight is 296 g/mol. The third-order valence-electron chi connectivity index (χ3n) is 3.38. The van der Waals surface area contributed by atoms with Gasteiger partial charge in [0.25, 0.3) is 0 Å². The lowest BCUT2D eigenvalue weighted by molar-refractivity contribution is 0.481. The van der Waals surface area contributed by atoms with Gasteiger partial charge in [-0.05, 0) is 25.8 Å². The third-order valence-corrected chi connectivity index (χ3v) is 3.38. The van der Waals surface area contributed by atoms with E-state index in [9.17, 15) is 13.2 Å². The van der Waals surface area contributed by atoms with E-state index in [4.69, 9.17) is 4.42 Å². The van der Waals surface area contributed by atoms with Gasteiger partial charge in [0.05, 0.1) is 11.8 Å². The Hall–Kier alpha value is -1.82. The van der Waals surface area contributed by atoms with Gasteiger partial charge in [0.2, 0.25) is 0 Å². The van der Waals surface area contributed by atoms with Gasteiger partial charge in [-0.25, -0.2) is 18.2 Å². The topological polar surface area (TPSA) is 38.1 Å². The molecule has 0 saturated heterocycles. The van der Waals surface area contributed by atoms with Crippen molar-refractivity contribution in [3.05, 3.63) is 41.7 Å². The first-order valence-corrected chi connectivity index (χ1v) is 6.96. The Morgan fingerprint density at radius 2 is 1.90 bits per heavy atom. The van der Waals surface area contributed by atoms with Gasteiger partial charge in [0.1, 0.15) is 17.5 Å². The molecule has 0 unspecified atom stereocenters. The Kier molecular flexibility index (Phi) is 3.96. The minimum absolute atomic E-state index is 0.0184. The number of aryl methyl sites for hydroxylation is 1. The zero-order valence-electron chi connectivity index (χ0n) is 11.3. The van der Waals surface area contributed by atoms with E-state index in [-0.39, 0.29) is 11.3 Å². The second kappa shape index (κ2) is 5.89. The number of oxazole rings is 1. The maximum Gasteiger partial charge on any atom is 0.194 e. The lowest BCUT2D eigenvalue weighted by Gasteiger charge is -2.02. The molecule has 112 valence electrons. The maximum absolute atomic E-state index is 13.6. The molecule has 21 heavy (non-hydrogen) atoms. The summed E-state index contributed by atoms with van der Waals surface area (Å²) in [4.78, 5) is 4.01. The fourth-order valence-corrected chi connectivity index (χ4v) is 2.15. The lowest BCUT2D eigenvalue weighted by atomic mass is 10.1. The van der Waals surface area contributed by atoms with Gasteiger partial charge in [-0.2, -0.15) is 0 Å². The first-order valence-electron chi connectivity index (χ1n) is 6.96. The minimum atomic E-state index is -0.995. The van der Waals surface area contributed by atoms with E-state index in [0.29, 0.717) is 30.5 Å². The molecule has 0 atom stereocenters. The van der Waals surface area contributed by atoms with E-state index in [1.165, 1.54) is 19.0 Å². The van der Waals surface area contributed by atoms with Crippen LogP contribution in [0.25, 0.3) is 11.3 Å². The molecule has 1 heterocycles. The van der Waals surface area contributed by atoms with Gasteiger partial charge in [0.15, 0.2) is 11.7 Å². The first kappa shape index (κ1) is 14.1. The van der Waals surface area contributed by atoms with Crippen molar-refractivity contribution in [2.24, 2.45) is 0 Å². The highest BCUT2D eigenvalue weighted by Gasteiger charge is 2.20. The predicted molar refractivity (Wildman–Crippen MR) is 71.2 cm³/mol. The number of rotatable bonds is 6. The number of nitrogens with one attached hydrogen (secondary N) is 1. The van der Waals surface area contributed by atoms with Crippen molar-refractivity contribution < 1.29 is 17.6 Å². The Labute approximate surface area is 120 Å². The van der Waals surface area contributed by atoms with Crippen molar-refractivity contribution in [3.63, 3.8) is 0 Å². The van der Waals surface area contributed by atoms with Crippen LogP contribution >= 0.6 is 0 Å². The summed E-state index contributed by atoms with van der Waals surface area (Å²) in [5, 5.41) is 3.36.